The van der Waals surface area contributed by atoms with Crippen molar-refractivity contribution in [3.8, 4) is 5.88 Å². The van der Waals surface area contributed by atoms with E-state index in [2.05, 4.69) is 10.3 Å². The Balaban J connectivity index is 2.67. The number of amides is 1. The van der Waals surface area contributed by atoms with E-state index in [0.29, 0.717) is 17.9 Å². The van der Waals surface area contributed by atoms with E-state index in [1.54, 1.807) is 12.1 Å². The van der Waals surface area contributed by atoms with Crippen molar-refractivity contribution in [2.24, 2.45) is 0 Å². The number of aromatic nitrogens is 1. The van der Waals surface area contributed by atoms with Crippen LogP contribution in [0, 0.1) is 0 Å². The van der Waals surface area contributed by atoms with Gasteiger partial charge in [-0.25, -0.2) is 9.78 Å². The number of carbonyl (C=O) groups excluding carboxylic acids is 1. The van der Waals surface area contributed by atoms with Gasteiger partial charge in [-0.2, -0.15) is 0 Å². The topological polar surface area (TPSA) is 88.5 Å². The minimum Gasteiger partial charge on any atom is -0.481 e. The van der Waals surface area contributed by atoms with Gasteiger partial charge in [0.1, 0.15) is 6.04 Å². The molecule has 0 bridgehead atoms. The SMILES string of the molecule is CCCC[C@H](NC(=O)c1ccc(OC)nc1)C(=O)O. The van der Waals surface area contributed by atoms with E-state index in [9.17, 15) is 9.59 Å². The van der Waals surface area contributed by atoms with Crippen LogP contribution in [0.5, 0.6) is 5.88 Å². The van der Waals surface area contributed by atoms with Crippen molar-refractivity contribution in [1.29, 1.82) is 0 Å². The highest BCUT2D eigenvalue weighted by Crippen LogP contribution is 2.08. The van der Waals surface area contributed by atoms with Crippen LogP contribution < -0.4 is 10.1 Å². The van der Waals surface area contributed by atoms with Crippen LogP contribution in [-0.2, 0) is 4.79 Å². The Morgan fingerprint density at radius 2 is 2.21 bits per heavy atom. The van der Waals surface area contributed by atoms with Gasteiger partial charge in [0.25, 0.3) is 5.91 Å². The summed E-state index contributed by atoms with van der Waals surface area (Å²) in [5.41, 5.74) is 0.309. The predicted molar refractivity (Wildman–Crippen MR) is 69.2 cm³/mol. The molecule has 6 heteroatoms. The van der Waals surface area contributed by atoms with Gasteiger partial charge in [0.15, 0.2) is 0 Å². The third-order valence-electron chi connectivity index (χ3n) is 2.66. The van der Waals surface area contributed by atoms with Gasteiger partial charge >= 0.3 is 5.97 Å². The van der Waals surface area contributed by atoms with E-state index in [4.69, 9.17) is 9.84 Å². The molecule has 1 aromatic rings. The van der Waals surface area contributed by atoms with Crippen molar-refractivity contribution in [2.45, 2.75) is 32.2 Å². The fourth-order valence-electron chi connectivity index (χ4n) is 1.54. The lowest BCUT2D eigenvalue weighted by atomic mass is 10.1. The summed E-state index contributed by atoms with van der Waals surface area (Å²) in [6.07, 6.45) is 3.40. The van der Waals surface area contributed by atoms with Gasteiger partial charge in [0.2, 0.25) is 5.88 Å². The molecule has 0 radical (unpaired) electrons. The number of carbonyl (C=O) groups is 2. The first-order valence-corrected chi connectivity index (χ1v) is 6.12. The van der Waals surface area contributed by atoms with Gasteiger partial charge in [-0.15, -0.1) is 0 Å². The number of hydrogen-bond acceptors (Lipinski definition) is 4. The molecular formula is C13H18N2O4. The van der Waals surface area contributed by atoms with Crippen molar-refractivity contribution >= 4 is 11.9 Å². The molecule has 1 amide bonds. The Morgan fingerprint density at radius 1 is 1.47 bits per heavy atom. The lowest BCUT2D eigenvalue weighted by Gasteiger charge is -2.13. The maximum atomic E-state index is 11.9. The lowest BCUT2D eigenvalue weighted by Crippen LogP contribution is -2.40. The summed E-state index contributed by atoms with van der Waals surface area (Å²) >= 11 is 0. The molecule has 1 aromatic heterocycles. The summed E-state index contributed by atoms with van der Waals surface area (Å²) in [6, 6.07) is 2.23. The van der Waals surface area contributed by atoms with Crippen LogP contribution in [0.2, 0.25) is 0 Å². The zero-order valence-electron chi connectivity index (χ0n) is 11.0. The average Bonchev–Trinajstić information content (AvgIpc) is 2.43. The first-order chi connectivity index (χ1) is 9.08. The number of hydrogen-bond donors (Lipinski definition) is 2. The highest BCUT2D eigenvalue weighted by atomic mass is 16.5. The van der Waals surface area contributed by atoms with Crippen LogP contribution in [0.3, 0.4) is 0 Å². The Hall–Kier alpha value is -2.11. The second-order valence-corrected chi connectivity index (χ2v) is 4.10. The molecule has 104 valence electrons. The molecule has 1 rings (SSSR count). The second-order valence-electron chi connectivity index (χ2n) is 4.10. The number of aliphatic carboxylic acids is 1. The molecule has 0 unspecified atom stereocenters. The molecule has 0 saturated carbocycles. The van der Waals surface area contributed by atoms with Crippen LogP contribution in [0.15, 0.2) is 18.3 Å². The fourth-order valence-corrected chi connectivity index (χ4v) is 1.54. The van der Waals surface area contributed by atoms with Gasteiger partial charge < -0.3 is 15.2 Å². The molecule has 0 aromatic carbocycles. The summed E-state index contributed by atoms with van der Waals surface area (Å²) in [5, 5.41) is 11.5. The van der Waals surface area contributed by atoms with Crippen molar-refractivity contribution in [2.75, 3.05) is 7.11 Å². The maximum absolute atomic E-state index is 11.9. The Morgan fingerprint density at radius 3 is 2.68 bits per heavy atom. The first kappa shape index (κ1) is 14.9. The average molecular weight is 266 g/mol. The molecule has 2 N–H and O–H groups in total. The molecule has 1 atom stereocenters. The summed E-state index contributed by atoms with van der Waals surface area (Å²) in [6.45, 7) is 1.97. The van der Waals surface area contributed by atoms with E-state index >= 15 is 0 Å². The Kier molecular flexibility index (Phi) is 5.78. The van der Waals surface area contributed by atoms with Gasteiger partial charge in [-0.05, 0) is 12.5 Å². The third kappa shape index (κ3) is 4.57. The van der Waals surface area contributed by atoms with Crippen LogP contribution in [0.4, 0.5) is 0 Å². The van der Waals surface area contributed by atoms with Gasteiger partial charge in [0.05, 0.1) is 12.7 Å². The minimum atomic E-state index is -1.02. The highest BCUT2D eigenvalue weighted by Gasteiger charge is 2.20. The normalized spacial score (nSPS) is 11.7. The van der Waals surface area contributed by atoms with Gasteiger partial charge in [-0.3, -0.25) is 4.79 Å². The van der Waals surface area contributed by atoms with Crippen LogP contribution in [0.25, 0.3) is 0 Å². The number of ether oxygens (including phenoxy) is 1. The molecule has 6 nitrogen and oxygen atoms in total. The second kappa shape index (κ2) is 7.35. The highest BCUT2D eigenvalue weighted by molar-refractivity contribution is 5.96. The summed E-state index contributed by atoms with van der Waals surface area (Å²) in [5.74, 6) is -1.07. The van der Waals surface area contributed by atoms with Crippen LogP contribution in [0.1, 0.15) is 36.5 Å². The summed E-state index contributed by atoms with van der Waals surface area (Å²) < 4.78 is 4.88. The van der Waals surface area contributed by atoms with Crippen molar-refractivity contribution in [3.63, 3.8) is 0 Å². The van der Waals surface area contributed by atoms with Gasteiger partial charge in [-0.1, -0.05) is 19.8 Å². The third-order valence-corrected chi connectivity index (χ3v) is 2.66. The Labute approximate surface area is 111 Å². The summed E-state index contributed by atoms with van der Waals surface area (Å²) in [7, 11) is 1.48. The molecule has 0 saturated heterocycles. The van der Waals surface area contributed by atoms with Crippen molar-refractivity contribution in [3.05, 3.63) is 23.9 Å². The van der Waals surface area contributed by atoms with Gasteiger partial charge in [0, 0.05) is 12.3 Å². The molecule has 0 spiro atoms. The fraction of sp³-hybridized carbons (Fsp3) is 0.462. The Bertz CT molecular complexity index is 431. The predicted octanol–water partition coefficient (Wildman–Crippen LogP) is 1.46. The van der Waals surface area contributed by atoms with E-state index in [1.807, 2.05) is 6.92 Å². The number of pyridine rings is 1. The monoisotopic (exact) mass is 266 g/mol. The number of rotatable bonds is 7. The van der Waals surface area contributed by atoms with E-state index in [0.717, 1.165) is 12.8 Å². The maximum Gasteiger partial charge on any atom is 0.326 e. The minimum absolute atomic E-state index is 0.309. The number of carboxylic acids is 1. The van der Waals surface area contributed by atoms with Crippen LogP contribution in [-0.4, -0.2) is 35.1 Å². The molecule has 0 aliphatic heterocycles. The van der Waals surface area contributed by atoms with E-state index in [-0.39, 0.29) is 0 Å². The van der Waals surface area contributed by atoms with Crippen molar-refractivity contribution < 1.29 is 19.4 Å². The number of carboxylic acid groups (broad SMARTS) is 1. The number of methoxy groups -OCH3 is 1. The quantitative estimate of drug-likeness (QED) is 0.780. The molecule has 0 aliphatic rings. The van der Waals surface area contributed by atoms with E-state index in [1.165, 1.54) is 13.3 Å². The smallest absolute Gasteiger partial charge is 0.326 e. The molecule has 1 heterocycles. The zero-order chi connectivity index (χ0) is 14.3. The largest absolute Gasteiger partial charge is 0.481 e. The first-order valence-electron chi connectivity index (χ1n) is 6.12. The standard InChI is InChI=1S/C13H18N2O4/c1-3-4-5-10(13(17)18)15-12(16)9-6-7-11(19-2)14-8-9/h6-8,10H,3-5H2,1-2H3,(H,15,16)(H,17,18)/t10-/m0/s1. The lowest BCUT2D eigenvalue weighted by molar-refractivity contribution is -0.139. The molecule has 19 heavy (non-hydrogen) atoms. The number of unbranched alkanes of at least 4 members (excludes halogenated alkanes) is 1. The van der Waals surface area contributed by atoms with Crippen LogP contribution >= 0.6 is 0 Å². The number of nitrogens with zero attached hydrogens (tertiary/aromatic N) is 1. The zero-order valence-corrected chi connectivity index (χ0v) is 11.0. The molecule has 0 fully saturated rings. The van der Waals surface area contributed by atoms with E-state index < -0.39 is 17.9 Å². The number of nitrogens with one attached hydrogen (secondary N) is 1. The summed E-state index contributed by atoms with van der Waals surface area (Å²) in [4.78, 5) is 26.8. The molecule has 0 aliphatic carbocycles. The van der Waals surface area contributed by atoms with Crippen molar-refractivity contribution in [1.82, 2.24) is 10.3 Å². The molecular weight excluding hydrogens is 248 g/mol.